The van der Waals surface area contributed by atoms with Crippen LogP contribution in [0.3, 0.4) is 0 Å². The van der Waals surface area contributed by atoms with Crippen molar-refractivity contribution in [3.8, 4) is 11.5 Å². The Bertz CT molecular complexity index is 1130. The molecule has 0 spiro atoms. The van der Waals surface area contributed by atoms with E-state index < -0.39 is 11.8 Å². The van der Waals surface area contributed by atoms with Crippen LogP contribution < -0.4 is 20.1 Å². The summed E-state index contributed by atoms with van der Waals surface area (Å²) in [7, 11) is 1.54. The average molecular weight is 451 g/mol. The first-order valence-corrected chi connectivity index (χ1v) is 10.3. The van der Waals surface area contributed by atoms with E-state index >= 15 is 0 Å². The molecule has 0 unspecified atom stereocenters. The fourth-order valence-corrected chi connectivity index (χ4v) is 3.11. The van der Waals surface area contributed by atoms with Crippen molar-refractivity contribution < 1.29 is 19.1 Å². The molecule has 0 radical (unpaired) electrons. The maximum Gasteiger partial charge on any atom is 0.272 e. The van der Waals surface area contributed by atoms with Crippen LogP contribution in [0.1, 0.15) is 22.8 Å². The minimum absolute atomic E-state index is 0.0602. The van der Waals surface area contributed by atoms with Crippen LogP contribution in [0.2, 0.25) is 5.02 Å². The predicted octanol–water partition coefficient (Wildman–Crippen LogP) is 5.16. The van der Waals surface area contributed by atoms with Crippen molar-refractivity contribution in [3.05, 3.63) is 94.6 Å². The molecule has 3 aromatic rings. The number of carbonyl (C=O) groups excluding carboxylic acids is 2. The molecule has 6 nitrogen and oxygen atoms in total. The second kappa shape index (κ2) is 11.0. The molecule has 0 heterocycles. The number of nitrogens with one attached hydrogen (secondary N) is 2. The lowest BCUT2D eigenvalue weighted by molar-refractivity contribution is -0.113. The van der Waals surface area contributed by atoms with Crippen LogP contribution in [0, 0.1) is 0 Å². The number of carbonyl (C=O) groups is 2. The van der Waals surface area contributed by atoms with Crippen LogP contribution >= 0.6 is 11.6 Å². The van der Waals surface area contributed by atoms with Gasteiger partial charge in [0.05, 0.1) is 13.7 Å². The molecule has 2 N–H and O–H groups in total. The van der Waals surface area contributed by atoms with E-state index in [4.69, 9.17) is 21.1 Å². The monoisotopic (exact) mass is 450 g/mol. The molecule has 0 aliphatic rings. The van der Waals surface area contributed by atoms with E-state index in [-0.39, 0.29) is 5.70 Å². The van der Waals surface area contributed by atoms with E-state index in [1.165, 1.54) is 7.11 Å². The normalized spacial score (nSPS) is 10.9. The smallest absolute Gasteiger partial charge is 0.272 e. The SMILES string of the molecule is CCOc1ccc(C=C(NC(=O)c2ccccc2)C(=O)Nc2cccc(Cl)c2)cc1OC. The summed E-state index contributed by atoms with van der Waals surface area (Å²) in [5.41, 5.74) is 1.64. The van der Waals surface area contributed by atoms with E-state index in [1.54, 1.807) is 72.8 Å². The van der Waals surface area contributed by atoms with Crippen LogP contribution in [-0.2, 0) is 4.79 Å². The fourth-order valence-electron chi connectivity index (χ4n) is 2.92. The number of halogens is 1. The van der Waals surface area contributed by atoms with Gasteiger partial charge in [-0.15, -0.1) is 0 Å². The number of methoxy groups -OCH3 is 1. The summed E-state index contributed by atoms with van der Waals surface area (Å²) in [4.78, 5) is 25.7. The molecule has 0 aliphatic heterocycles. The highest BCUT2D eigenvalue weighted by Gasteiger charge is 2.16. The minimum Gasteiger partial charge on any atom is -0.493 e. The van der Waals surface area contributed by atoms with Crippen LogP contribution in [0.25, 0.3) is 6.08 Å². The highest BCUT2D eigenvalue weighted by Crippen LogP contribution is 2.29. The highest BCUT2D eigenvalue weighted by atomic mass is 35.5. The van der Waals surface area contributed by atoms with E-state index in [1.807, 2.05) is 13.0 Å². The van der Waals surface area contributed by atoms with Crippen LogP contribution in [-0.4, -0.2) is 25.5 Å². The molecule has 7 heteroatoms. The average Bonchev–Trinajstić information content (AvgIpc) is 2.80. The first kappa shape index (κ1) is 22.9. The van der Waals surface area contributed by atoms with E-state index in [2.05, 4.69) is 10.6 Å². The lowest BCUT2D eigenvalue weighted by Crippen LogP contribution is -2.30. The number of rotatable bonds is 8. The van der Waals surface area contributed by atoms with Crippen LogP contribution in [0.15, 0.2) is 78.5 Å². The molecule has 3 rings (SSSR count). The second-order valence-electron chi connectivity index (χ2n) is 6.69. The van der Waals surface area contributed by atoms with Gasteiger partial charge in [-0.2, -0.15) is 0 Å². The molecule has 0 saturated carbocycles. The van der Waals surface area contributed by atoms with Gasteiger partial charge in [-0.1, -0.05) is 41.9 Å². The van der Waals surface area contributed by atoms with Crippen molar-refractivity contribution in [3.63, 3.8) is 0 Å². The Hall–Kier alpha value is -3.77. The van der Waals surface area contributed by atoms with Crippen molar-refractivity contribution in [2.45, 2.75) is 6.92 Å². The lowest BCUT2D eigenvalue weighted by atomic mass is 10.1. The van der Waals surface area contributed by atoms with Gasteiger partial charge in [0.25, 0.3) is 11.8 Å². The van der Waals surface area contributed by atoms with Gasteiger partial charge in [0.2, 0.25) is 0 Å². The van der Waals surface area contributed by atoms with Crippen molar-refractivity contribution >= 4 is 35.2 Å². The summed E-state index contributed by atoms with van der Waals surface area (Å²) in [6, 6.07) is 20.7. The molecule has 0 saturated heterocycles. The fraction of sp³-hybridized carbons (Fsp3) is 0.120. The van der Waals surface area contributed by atoms with E-state index in [0.29, 0.717) is 39.9 Å². The van der Waals surface area contributed by atoms with Crippen LogP contribution in [0.4, 0.5) is 5.69 Å². The number of ether oxygens (including phenoxy) is 2. The third kappa shape index (κ3) is 6.12. The van der Waals surface area contributed by atoms with Gasteiger partial charge < -0.3 is 20.1 Å². The molecule has 3 aromatic carbocycles. The van der Waals surface area contributed by atoms with Gasteiger partial charge >= 0.3 is 0 Å². The third-order valence-corrected chi connectivity index (χ3v) is 4.64. The Balaban J connectivity index is 1.93. The van der Waals surface area contributed by atoms with Crippen molar-refractivity contribution in [1.82, 2.24) is 5.32 Å². The topological polar surface area (TPSA) is 76.7 Å². The standard InChI is InChI=1S/C25H23ClN2O4/c1-3-32-22-13-12-17(15-23(22)31-2)14-21(28-24(29)18-8-5-4-6-9-18)25(30)27-20-11-7-10-19(26)16-20/h4-16H,3H2,1-2H3,(H,27,30)(H,28,29). The maximum absolute atomic E-state index is 13.0. The molecule has 164 valence electrons. The summed E-state index contributed by atoms with van der Waals surface area (Å²) in [6.07, 6.45) is 1.57. The van der Waals surface area contributed by atoms with Crippen molar-refractivity contribution in [2.75, 3.05) is 19.0 Å². The van der Waals surface area contributed by atoms with E-state index in [0.717, 1.165) is 0 Å². The first-order chi connectivity index (χ1) is 15.5. The third-order valence-electron chi connectivity index (χ3n) is 4.41. The van der Waals surface area contributed by atoms with Crippen LogP contribution in [0.5, 0.6) is 11.5 Å². The zero-order valence-corrected chi connectivity index (χ0v) is 18.5. The lowest BCUT2D eigenvalue weighted by Gasteiger charge is -2.13. The minimum atomic E-state index is -0.496. The summed E-state index contributed by atoms with van der Waals surface area (Å²) < 4.78 is 10.9. The Morgan fingerprint density at radius 2 is 1.75 bits per heavy atom. The number of amides is 2. The van der Waals surface area contributed by atoms with Gasteiger partial charge in [-0.05, 0) is 61.0 Å². The molecule has 0 atom stereocenters. The summed E-state index contributed by atoms with van der Waals surface area (Å²) in [5.74, 6) is 0.204. The predicted molar refractivity (Wildman–Crippen MR) is 126 cm³/mol. The second-order valence-corrected chi connectivity index (χ2v) is 7.12. The van der Waals surface area contributed by atoms with Crippen molar-refractivity contribution in [1.29, 1.82) is 0 Å². The van der Waals surface area contributed by atoms with E-state index in [9.17, 15) is 9.59 Å². The van der Waals surface area contributed by atoms with Gasteiger partial charge in [0, 0.05) is 16.3 Å². The molecule has 0 aliphatic carbocycles. The number of anilines is 1. The molecule has 0 bridgehead atoms. The summed E-state index contributed by atoms with van der Waals surface area (Å²) in [6.45, 7) is 2.37. The molecule has 2 amide bonds. The van der Waals surface area contributed by atoms with Gasteiger partial charge in [0.1, 0.15) is 5.70 Å². The Morgan fingerprint density at radius 3 is 2.44 bits per heavy atom. The largest absolute Gasteiger partial charge is 0.493 e. The zero-order valence-electron chi connectivity index (χ0n) is 17.7. The van der Waals surface area contributed by atoms with Crippen molar-refractivity contribution in [2.24, 2.45) is 0 Å². The molecule has 0 fully saturated rings. The summed E-state index contributed by atoms with van der Waals surface area (Å²) in [5, 5.41) is 5.94. The summed E-state index contributed by atoms with van der Waals surface area (Å²) >= 11 is 6.01. The Labute approximate surface area is 191 Å². The zero-order chi connectivity index (χ0) is 22.9. The quantitative estimate of drug-likeness (QED) is 0.465. The first-order valence-electron chi connectivity index (χ1n) is 9.96. The number of hydrogen-bond donors (Lipinski definition) is 2. The molecular weight excluding hydrogens is 428 g/mol. The molecule has 32 heavy (non-hydrogen) atoms. The maximum atomic E-state index is 13.0. The van der Waals surface area contributed by atoms with Gasteiger partial charge in [0.15, 0.2) is 11.5 Å². The number of hydrogen-bond acceptors (Lipinski definition) is 4. The Kier molecular flexibility index (Phi) is 7.89. The van der Waals surface area contributed by atoms with Gasteiger partial charge in [-0.3, -0.25) is 9.59 Å². The molecule has 0 aromatic heterocycles. The number of benzene rings is 3. The molecular formula is C25H23ClN2O4. The Morgan fingerprint density at radius 1 is 0.969 bits per heavy atom. The highest BCUT2D eigenvalue weighted by molar-refractivity contribution is 6.31. The van der Waals surface area contributed by atoms with Gasteiger partial charge in [-0.25, -0.2) is 0 Å².